The van der Waals surface area contributed by atoms with Crippen LogP contribution < -0.4 is 0 Å². The van der Waals surface area contributed by atoms with Gasteiger partial charge in [0.25, 0.3) is 0 Å². The topological polar surface area (TPSA) is 26.6 Å². The number of aromatic nitrogens is 4. The minimum atomic E-state index is 1.00. The van der Waals surface area contributed by atoms with Gasteiger partial charge >= 0.3 is 0 Å². The van der Waals surface area contributed by atoms with Crippen molar-refractivity contribution < 1.29 is 0 Å². The molecule has 0 atom stereocenters. The van der Waals surface area contributed by atoms with Crippen molar-refractivity contribution >= 4 is 120 Å². The maximum atomic E-state index is 5.83. The van der Waals surface area contributed by atoms with E-state index in [1.54, 1.807) is 0 Å². The summed E-state index contributed by atoms with van der Waals surface area (Å²) in [6, 6.07) is 67.2. The van der Waals surface area contributed by atoms with E-state index in [1.165, 1.54) is 120 Å². The lowest BCUT2D eigenvalue weighted by Crippen LogP contribution is -1.93. The molecule has 59 heavy (non-hydrogen) atoms. The van der Waals surface area contributed by atoms with Crippen LogP contribution in [-0.2, 0) is 0 Å². The van der Waals surface area contributed by atoms with Crippen LogP contribution in [0.1, 0.15) is 0 Å². The van der Waals surface area contributed by atoms with Crippen molar-refractivity contribution in [2.75, 3.05) is 0 Å². The van der Waals surface area contributed by atoms with Crippen LogP contribution in [0.15, 0.2) is 182 Å². The molecular formula is C55H30N4. The summed E-state index contributed by atoms with van der Waals surface area (Å²) in [7, 11) is 0. The molecule has 0 fully saturated rings. The van der Waals surface area contributed by atoms with Crippen molar-refractivity contribution in [2.45, 2.75) is 0 Å². The standard InChI is InChI=1S/C55H30N4/c1-2-14-34(15-3-1)57-45-23-9-8-18-38(45)42-28-33(25-26-46(42)57)37-19-10-20-39-40-21-11-22-41-43-30-48-51(56-55(43)59(52(37)39)53(40)41)50-36-17-7-5-13-32(36)29-44-49-35-16-6-4-12-31(35)24-27-47(49)58(48)54(44)50/h1-30H. The number of hydrogen-bond acceptors (Lipinski definition) is 1. The second-order valence-electron chi connectivity index (χ2n) is 16.3. The molecule has 15 aromatic rings. The van der Waals surface area contributed by atoms with Gasteiger partial charge in [-0.15, -0.1) is 0 Å². The van der Waals surface area contributed by atoms with E-state index in [9.17, 15) is 0 Å². The van der Waals surface area contributed by atoms with E-state index in [2.05, 4.69) is 195 Å². The molecule has 0 saturated heterocycles. The van der Waals surface area contributed by atoms with E-state index in [0.29, 0.717) is 0 Å². The van der Waals surface area contributed by atoms with Crippen LogP contribution in [0.5, 0.6) is 0 Å². The summed E-state index contributed by atoms with van der Waals surface area (Å²) < 4.78 is 7.36. The van der Waals surface area contributed by atoms with Gasteiger partial charge in [0.05, 0.1) is 44.1 Å². The van der Waals surface area contributed by atoms with Crippen LogP contribution in [0.2, 0.25) is 0 Å². The fraction of sp³-hybridized carbons (Fsp3) is 0. The van der Waals surface area contributed by atoms with Crippen LogP contribution >= 0.6 is 0 Å². The zero-order chi connectivity index (χ0) is 38.1. The monoisotopic (exact) mass is 746 g/mol. The fourth-order valence-electron chi connectivity index (χ4n) is 11.1. The summed E-state index contributed by atoms with van der Waals surface area (Å²) in [5.41, 5.74) is 14.1. The zero-order valence-electron chi connectivity index (χ0n) is 31.6. The summed E-state index contributed by atoms with van der Waals surface area (Å²) in [4.78, 5) is 5.83. The third kappa shape index (κ3) is 3.60. The van der Waals surface area contributed by atoms with E-state index in [0.717, 1.165) is 16.7 Å². The molecule has 270 valence electrons. The largest absolute Gasteiger partial charge is 0.309 e. The molecule has 0 N–H and O–H groups in total. The highest BCUT2D eigenvalue weighted by Gasteiger charge is 2.26. The van der Waals surface area contributed by atoms with Crippen LogP contribution in [-0.4, -0.2) is 18.4 Å². The Labute approximate surface area is 335 Å². The van der Waals surface area contributed by atoms with E-state index < -0.39 is 0 Å². The Balaban J connectivity index is 1.09. The van der Waals surface area contributed by atoms with Gasteiger partial charge in [0.15, 0.2) is 0 Å². The van der Waals surface area contributed by atoms with Gasteiger partial charge in [-0.3, -0.25) is 4.40 Å². The van der Waals surface area contributed by atoms with Crippen molar-refractivity contribution in [1.29, 1.82) is 0 Å². The molecule has 0 aliphatic heterocycles. The Morgan fingerprint density at radius 1 is 0.339 bits per heavy atom. The summed E-state index contributed by atoms with van der Waals surface area (Å²) in [6.07, 6.45) is 0. The highest BCUT2D eigenvalue weighted by Crippen LogP contribution is 2.48. The quantitative estimate of drug-likeness (QED) is 0.173. The highest BCUT2D eigenvalue weighted by molar-refractivity contribution is 6.35. The summed E-state index contributed by atoms with van der Waals surface area (Å²) in [5, 5.41) is 16.2. The first-order chi connectivity index (χ1) is 29.3. The molecule has 0 saturated carbocycles. The number of fused-ring (bicyclic) bond motifs is 19. The molecule has 0 aliphatic carbocycles. The van der Waals surface area contributed by atoms with Gasteiger partial charge < -0.3 is 8.97 Å². The number of benzene rings is 9. The van der Waals surface area contributed by atoms with Gasteiger partial charge in [0.1, 0.15) is 5.65 Å². The Morgan fingerprint density at radius 3 is 1.86 bits per heavy atom. The molecule has 0 radical (unpaired) electrons. The van der Waals surface area contributed by atoms with Gasteiger partial charge in [-0.25, -0.2) is 4.98 Å². The molecule has 0 aliphatic rings. The molecule has 15 rings (SSSR count). The molecule has 0 unspecified atom stereocenters. The minimum Gasteiger partial charge on any atom is -0.309 e. The first-order valence-electron chi connectivity index (χ1n) is 20.4. The van der Waals surface area contributed by atoms with Crippen LogP contribution in [0, 0.1) is 0 Å². The molecular weight excluding hydrogens is 717 g/mol. The minimum absolute atomic E-state index is 1.00. The zero-order valence-corrected chi connectivity index (χ0v) is 31.6. The van der Waals surface area contributed by atoms with Crippen molar-refractivity contribution in [3.8, 4) is 16.8 Å². The number of hydrogen-bond donors (Lipinski definition) is 0. The smallest absolute Gasteiger partial charge is 0.146 e. The van der Waals surface area contributed by atoms with Crippen LogP contribution in [0.25, 0.3) is 137 Å². The first kappa shape index (κ1) is 30.2. The second kappa shape index (κ2) is 10.5. The SMILES string of the molecule is c1ccc(-n2c3ccccc3c3cc(-c4cccc5c6cccc7c8cc9c(nc8n(c45)c76)c4c5ccccc5cc5c6c7ccccc7ccc6n9c54)ccc32)cc1. The lowest BCUT2D eigenvalue weighted by Gasteiger charge is -2.09. The van der Waals surface area contributed by atoms with Crippen molar-refractivity contribution in [2.24, 2.45) is 0 Å². The summed E-state index contributed by atoms with van der Waals surface area (Å²) in [5.74, 6) is 0. The van der Waals surface area contributed by atoms with E-state index in [1.807, 2.05) is 0 Å². The van der Waals surface area contributed by atoms with Crippen LogP contribution in [0.4, 0.5) is 0 Å². The normalized spacial score (nSPS) is 12.7. The average molecular weight is 747 g/mol. The van der Waals surface area contributed by atoms with E-state index >= 15 is 0 Å². The summed E-state index contributed by atoms with van der Waals surface area (Å²) in [6.45, 7) is 0. The Hall–Kier alpha value is -7.95. The maximum absolute atomic E-state index is 5.83. The Kier molecular flexibility index (Phi) is 5.38. The predicted octanol–water partition coefficient (Wildman–Crippen LogP) is 14.5. The maximum Gasteiger partial charge on any atom is 0.146 e. The molecule has 0 amide bonds. The molecule has 0 spiro atoms. The number of pyridine rings is 1. The molecule has 4 heteroatoms. The Bertz CT molecular complexity index is 4300. The average Bonchev–Trinajstić information content (AvgIpc) is 4.08. The third-order valence-corrected chi connectivity index (χ3v) is 13.4. The highest BCUT2D eigenvalue weighted by atomic mass is 15.0. The van der Waals surface area contributed by atoms with E-state index in [4.69, 9.17) is 4.98 Å². The van der Waals surface area contributed by atoms with Crippen molar-refractivity contribution in [3.63, 3.8) is 0 Å². The van der Waals surface area contributed by atoms with Gasteiger partial charge in [0.2, 0.25) is 0 Å². The fourth-order valence-corrected chi connectivity index (χ4v) is 11.1. The summed E-state index contributed by atoms with van der Waals surface area (Å²) >= 11 is 0. The van der Waals surface area contributed by atoms with E-state index in [-0.39, 0.29) is 0 Å². The van der Waals surface area contributed by atoms with Crippen molar-refractivity contribution in [3.05, 3.63) is 182 Å². The van der Waals surface area contributed by atoms with Crippen molar-refractivity contribution in [1.82, 2.24) is 18.4 Å². The Morgan fingerprint density at radius 2 is 1.00 bits per heavy atom. The number of nitrogens with zero attached hydrogens (tertiary/aromatic N) is 4. The lowest BCUT2D eigenvalue weighted by molar-refractivity contribution is 1.18. The molecule has 6 heterocycles. The van der Waals surface area contributed by atoms with Gasteiger partial charge in [-0.05, 0) is 75.6 Å². The number of para-hydroxylation sites is 4. The number of rotatable bonds is 2. The molecule has 4 nitrogen and oxygen atoms in total. The molecule has 6 aromatic heterocycles. The first-order valence-corrected chi connectivity index (χ1v) is 20.4. The van der Waals surface area contributed by atoms with Crippen LogP contribution in [0.3, 0.4) is 0 Å². The third-order valence-electron chi connectivity index (χ3n) is 13.4. The molecule has 9 aromatic carbocycles. The lowest BCUT2D eigenvalue weighted by atomic mass is 9.99. The second-order valence-corrected chi connectivity index (χ2v) is 16.3. The van der Waals surface area contributed by atoms with Gasteiger partial charge in [-0.1, -0.05) is 133 Å². The predicted molar refractivity (Wildman–Crippen MR) is 248 cm³/mol. The van der Waals surface area contributed by atoms with Gasteiger partial charge in [-0.2, -0.15) is 0 Å². The molecule has 0 bridgehead atoms. The van der Waals surface area contributed by atoms with Gasteiger partial charge in [0, 0.05) is 59.7 Å².